The summed E-state index contributed by atoms with van der Waals surface area (Å²) < 4.78 is 2.14. The van der Waals surface area contributed by atoms with Gasteiger partial charge in [-0.2, -0.15) is 0 Å². The molecular weight excluding hydrogens is 470 g/mol. The molecule has 2 bridgehead atoms. The SMILES string of the molecule is CN1[C@@H]2CC[C@@H]1/C(=C/c1cc(Br)cs1)C(=O)/C2=C\c1cc(Br)cs1. The Balaban J connectivity index is 1.77. The summed E-state index contributed by atoms with van der Waals surface area (Å²) in [6.07, 6.45) is 6.27. The van der Waals surface area contributed by atoms with Gasteiger partial charge in [0.15, 0.2) is 5.78 Å². The lowest BCUT2D eigenvalue weighted by Gasteiger charge is -2.34. The molecule has 2 aliphatic heterocycles. The van der Waals surface area contributed by atoms with E-state index in [2.05, 4.69) is 78.9 Å². The molecule has 0 spiro atoms. The van der Waals surface area contributed by atoms with Crippen LogP contribution in [0.4, 0.5) is 0 Å². The van der Waals surface area contributed by atoms with Gasteiger partial charge in [0.25, 0.3) is 0 Å². The molecule has 0 radical (unpaired) electrons. The normalized spacial score (nSPS) is 27.5. The van der Waals surface area contributed by atoms with E-state index in [-0.39, 0.29) is 17.9 Å². The Morgan fingerprint density at radius 1 is 1.00 bits per heavy atom. The number of Topliss-reactive ketones (excluding diaryl/α,β-unsaturated/α-hetero) is 1. The predicted octanol–water partition coefficient (Wildman–Crippen LogP) is 5.85. The van der Waals surface area contributed by atoms with E-state index < -0.39 is 0 Å². The molecule has 2 aliphatic rings. The lowest BCUT2D eigenvalue weighted by Crippen LogP contribution is -2.43. The molecule has 2 aromatic rings. The number of carbonyl (C=O) groups excluding carboxylic acids is 1. The Morgan fingerprint density at radius 2 is 1.46 bits per heavy atom. The van der Waals surface area contributed by atoms with Crippen molar-refractivity contribution in [3.05, 3.63) is 52.7 Å². The van der Waals surface area contributed by atoms with Crippen molar-refractivity contribution in [1.29, 1.82) is 0 Å². The van der Waals surface area contributed by atoms with Crippen LogP contribution in [0.2, 0.25) is 0 Å². The molecule has 2 atom stereocenters. The second-order valence-electron chi connectivity index (χ2n) is 6.14. The highest BCUT2D eigenvalue weighted by Gasteiger charge is 2.44. The average Bonchev–Trinajstić information content (AvgIpc) is 3.21. The van der Waals surface area contributed by atoms with E-state index in [1.807, 2.05) is 0 Å². The maximum atomic E-state index is 13.2. The van der Waals surface area contributed by atoms with Gasteiger partial charge in [-0.05, 0) is 76.0 Å². The fraction of sp³-hybridized carbons (Fsp3) is 0.278. The molecule has 0 N–H and O–H groups in total. The zero-order valence-corrected chi connectivity index (χ0v) is 17.8. The van der Waals surface area contributed by atoms with Crippen LogP contribution in [0.5, 0.6) is 0 Å². The topological polar surface area (TPSA) is 20.3 Å². The number of likely N-dealkylation sites (N-methyl/N-ethyl adjacent to an activating group) is 1. The van der Waals surface area contributed by atoms with Crippen molar-refractivity contribution in [3.63, 3.8) is 0 Å². The third kappa shape index (κ3) is 3.03. The Labute approximate surface area is 166 Å². The summed E-state index contributed by atoms with van der Waals surface area (Å²) >= 11 is 10.3. The van der Waals surface area contributed by atoms with Gasteiger partial charge in [-0.25, -0.2) is 0 Å². The quantitative estimate of drug-likeness (QED) is 0.498. The van der Waals surface area contributed by atoms with E-state index in [0.29, 0.717) is 0 Å². The van der Waals surface area contributed by atoms with Crippen LogP contribution < -0.4 is 0 Å². The summed E-state index contributed by atoms with van der Waals surface area (Å²) in [7, 11) is 2.14. The maximum Gasteiger partial charge on any atom is 0.188 e. The van der Waals surface area contributed by atoms with Crippen molar-refractivity contribution in [1.82, 2.24) is 4.90 Å². The van der Waals surface area contributed by atoms with E-state index in [1.54, 1.807) is 22.7 Å². The standard InChI is InChI=1S/C18H15Br2NOS2/c1-21-16-2-3-17(21)15(7-13-5-11(20)9-24-13)18(22)14(16)6-12-4-10(19)8-23-12/h4-9,16-17H,2-3H2,1H3/b14-6-,15-7-/t16-,17-/m1/s1. The fourth-order valence-corrected chi connectivity index (χ4v) is 6.37. The molecule has 0 aromatic carbocycles. The zero-order valence-electron chi connectivity index (χ0n) is 13.0. The first kappa shape index (κ1) is 16.9. The van der Waals surface area contributed by atoms with Gasteiger partial charge in [-0.15, -0.1) is 22.7 Å². The van der Waals surface area contributed by atoms with Gasteiger partial charge in [0.05, 0.1) is 0 Å². The number of rotatable bonds is 2. The number of nitrogens with zero attached hydrogens (tertiary/aromatic N) is 1. The number of ketones is 1. The van der Waals surface area contributed by atoms with Gasteiger partial charge in [0.1, 0.15) is 0 Å². The molecular formula is C18H15Br2NOS2. The van der Waals surface area contributed by atoms with Crippen molar-refractivity contribution in [2.75, 3.05) is 7.05 Å². The number of carbonyl (C=O) groups is 1. The van der Waals surface area contributed by atoms with E-state index in [9.17, 15) is 4.79 Å². The molecule has 2 nitrogen and oxygen atoms in total. The Morgan fingerprint density at radius 3 is 1.83 bits per heavy atom. The zero-order chi connectivity index (χ0) is 16.8. The highest BCUT2D eigenvalue weighted by atomic mass is 79.9. The fourth-order valence-electron chi connectivity index (χ4n) is 3.60. The van der Waals surface area contributed by atoms with Crippen LogP contribution >= 0.6 is 54.5 Å². The molecule has 0 saturated carbocycles. The van der Waals surface area contributed by atoms with Crippen LogP contribution in [0.25, 0.3) is 12.2 Å². The Kier molecular flexibility index (Phi) is 4.69. The number of thiophene rings is 2. The van der Waals surface area contributed by atoms with Crippen molar-refractivity contribution in [2.24, 2.45) is 0 Å². The lowest BCUT2D eigenvalue weighted by molar-refractivity contribution is -0.114. The molecule has 2 fully saturated rings. The summed E-state index contributed by atoms with van der Waals surface area (Å²) in [5.74, 6) is 0.217. The van der Waals surface area contributed by atoms with Gasteiger partial charge in [0, 0.05) is 52.7 Å². The van der Waals surface area contributed by atoms with Crippen LogP contribution in [0, 0.1) is 0 Å². The first-order valence-electron chi connectivity index (χ1n) is 7.71. The minimum atomic E-state index is 0.217. The number of piperidine rings is 1. The van der Waals surface area contributed by atoms with Gasteiger partial charge < -0.3 is 0 Å². The highest BCUT2D eigenvalue weighted by molar-refractivity contribution is 9.10. The molecule has 2 aromatic heterocycles. The van der Waals surface area contributed by atoms with Crippen LogP contribution in [0.15, 0.2) is 43.0 Å². The number of halogens is 2. The number of hydrogen-bond acceptors (Lipinski definition) is 4. The first-order chi connectivity index (χ1) is 11.5. The summed E-state index contributed by atoms with van der Waals surface area (Å²) in [5, 5.41) is 4.11. The van der Waals surface area contributed by atoms with E-state index in [1.165, 1.54) is 0 Å². The minimum Gasteiger partial charge on any atom is -0.292 e. The summed E-state index contributed by atoms with van der Waals surface area (Å²) in [6, 6.07) is 4.64. The Hall–Kier alpha value is -0.530. The molecule has 0 amide bonds. The van der Waals surface area contributed by atoms with Crippen molar-refractivity contribution >= 4 is 72.5 Å². The second-order valence-corrected chi connectivity index (χ2v) is 9.85. The third-order valence-corrected chi connectivity index (χ3v) is 7.99. The molecule has 0 aliphatic carbocycles. The van der Waals surface area contributed by atoms with Gasteiger partial charge >= 0.3 is 0 Å². The molecule has 0 unspecified atom stereocenters. The van der Waals surface area contributed by atoms with Crippen LogP contribution in [-0.2, 0) is 4.79 Å². The predicted molar refractivity (Wildman–Crippen MR) is 110 cm³/mol. The minimum absolute atomic E-state index is 0.217. The lowest BCUT2D eigenvalue weighted by atomic mass is 9.90. The van der Waals surface area contributed by atoms with Crippen molar-refractivity contribution < 1.29 is 4.79 Å². The van der Waals surface area contributed by atoms with Crippen molar-refractivity contribution in [3.8, 4) is 0 Å². The van der Waals surface area contributed by atoms with Crippen molar-refractivity contribution in [2.45, 2.75) is 24.9 Å². The summed E-state index contributed by atoms with van der Waals surface area (Å²) in [4.78, 5) is 17.8. The van der Waals surface area contributed by atoms with Crippen LogP contribution in [0.3, 0.4) is 0 Å². The van der Waals surface area contributed by atoms with Crippen LogP contribution in [-0.4, -0.2) is 29.8 Å². The van der Waals surface area contributed by atoms with E-state index >= 15 is 0 Å². The molecule has 6 heteroatoms. The molecule has 124 valence electrons. The molecule has 24 heavy (non-hydrogen) atoms. The number of hydrogen-bond donors (Lipinski definition) is 0. The monoisotopic (exact) mass is 483 g/mol. The summed E-state index contributed by atoms with van der Waals surface area (Å²) in [5.41, 5.74) is 1.87. The smallest absolute Gasteiger partial charge is 0.188 e. The Bertz CT molecular complexity index is 796. The molecule has 4 heterocycles. The van der Waals surface area contributed by atoms with E-state index in [4.69, 9.17) is 0 Å². The van der Waals surface area contributed by atoms with Gasteiger partial charge in [0.2, 0.25) is 0 Å². The molecule has 4 rings (SSSR count). The van der Waals surface area contributed by atoms with Gasteiger partial charge in [-0.1, -0.05) is 0 Å². The number of fused-ring (bicyclic) bond motifs is 2. The largest absolute Gasteiger partial charge is 0.292 e. The van der Waals surface area contributed by atoms with Crippen LogP contribution in [0.1, 0.15) is 22.6 Å². The maximum absolute atomic E-state index is 13.2. The average molecular weight is 485 g/mol. The van der Waals surface area contributed by atoms with E-state index in [0.717, 1.165) is 42.7 Å². The third-order valence-electron chi connectivity index (χ3n) is 4.71. The second kappa shape index (κ2) is 6.65. The summed E-state index contributed by atoms with van der Waals surface area (Å²) in [6.45, 7) is 0. The van der Waals surface area contributed by atoms with Gasteiger partial charge in [-0.3, -0.25) is 9.69 Å². The first-order valence-corrected chi connectivity index (χ1v) is 11.1. The highest BCUT2D eigenvalue weighted by Crippen LogP contribution is 2.41. The molecule has 2 saturated heterocycles.